The van der Waals surface area contributed by atoms with E-state index in [9.17, 15) is 9.59 Å². The van der Waals surface area contributed by atoms with Crippen LogP contribution in [-0.2, 0) is 9.59 Å². The van der Waals surface area contributed by atoms with Crippen molar-refractivity contribution in [2.24, 2.45) is 0 Å². The van der Waals surface area contributed by atoms with Gasteiger partial charge in [-0.2, -0.15) is 5.26 Å². The van der Waals surface area contributed by atoms with E-state index >= 15 is 0 Å². The van der Waals surface area contributed by atoms with E-state index in [-0.39, 0.29) is 18.4 Å². The highest BCUT2D eigenvalue weighted by molar-refractivity contribution is 5.92. The summed E-state index contributed by atoms with van der Waals surface area (Å²) in [5.41, 5.74) is 1.43. The molecule has 2 aromatic rings. The number of carbonyl (C=O) groups is 2. The van der Waals surface area contributed by atoms with Crippen molar-refractivity contribution in [3.8, 4) is 17.6 Å². The minimum atomic E-state index is -0.668. The van der Waals surface area contributed by atoms with Crippen LogP contribution in [0.2, 0.25) is 0 Å². The quantitative estimate of drug-likeness (QED) is 0.733. The van der Waals surface area contributed by atoms with Crippen molar-refractivity contribution in [3.05, 3.63) is 65.7 Å². The van der Waals surface area contributed by atoms with E-state index in [0.29, 0.717) is 43.2 Å². The fourth-order valence-electron chi connectivity index (χ4n) is 3.43. The van der Waals surface area contributed by atoms with Crippen LogP contribution in [0.1, 0.15) is 11.1 Å². The minimum Gasteiger partial charge on any atom is -0.485 e. The molecule has 1 unspecified atom stereocenters. The molecule has 0 N–H and O–H groups in total. The predicted octanol–water partition coefficient (Wildman–Crippen LogP) is 2.08. The SMILES string of the molecule is N#Cc1ccc(C=CC(=O)N2CCN(C(=O)C3COc4ccccc4O3)CC2)cc1. The van der Waals surface area contributed by atoms with Gasteiger partial charge in [-0.1, -0.05) is 24.3 Å². The van der Waals surface area contributed by atoms with Gasteiger partial charge in [-0.25, -0.2) is 0 Å². The number of hydrogen-bond acceptors (Lipinski definition) is 5. The molecule has 1 saturated heterocycles. The predicted molar refractivity (Wildman–Crippen MR) is 110 cm³/mol. The Bertz CT molecular complexity index is 1000. The molecule has 7 nitrogen and oxygen atoms in total. The lowest BCUT2D eigenvalue weighted by molar-refractivity contribution is -0.145. The normalized spacial score (nSPS) is 18.2. The smallest absolute Gasteiger partial charge is 0.267 e. The summed E-state index contributed by atoms with van der Waals surface area (Å²) < 4.78 is 11.4. The third-order valence-electron chi connectivity index (χ3n) is 5.15. The van der Waals surface area contributed by atoms with E-state index in [2.05, 4.69) is 6.07 Å². The van der Waals surface area contributed by atoms with Crippen molar-refractivity contribution in [1.82, 2.24) is 9.80 Å². The zero-order valence-electron chi connectivity index (χ0n) is 16.4. The van der Waals surface area contributed by atoms with E-state index in [1.807, 2.05) is 18.2 Å². The van der Waals surface area contributed by atoms with Gasteiger partial charge in [0.2, 0.25) is 12.0 Å². The Morgan fingerprint density at radius 2 is 1.63 bits per heavy atom. The molecule has 2 aromatic carbocycles. The molecule has 152 valence electrons. The molecule has 2 aliphatic heterocycles. The summed E-state index contributed by atoms with van der Waals surface area (Å²) in [5.74, 6) is 0.997. The zero-order chi connectivity index (χ0) is 20.9. The number of hydrogen-bond donors (Lipinski definition) is 0. The Balaban J connectivity index is 1.29. The third kappa shape index (κ3) is 4.28. The van der Waals surface area contributed by atoms with Crippen LogP contribution in [0.4, 0.5) is 0 Å². The maximum absolute atomic E-state index is 12.8. The molecular weight excluding hydrogens is 382 g/mol. The highest BCUT2D eigenvalue weighted by atomic mass is 16.6. The topological polar surface area (TPSA) is 82.9 Å². The van der Waals surface area contributed by atoms with E-state index in [4.69, 9.17) is 14.7 Å². The fourth-order valence-corrected chi connectivity index (χ4v) is 3.43. The molecule has 2 heterocycles. The average Bonchev–Trinajstić information content (AvgIpc) is 2.82. The molecule has 30 heavy (non-hydrogen) atoms. The van der Waals surface area contributed by atoms with Crippen LogP contribution < -0.4 is 9.47 Å². The number of piperazine rings is 1. The first-order valence-electron chi connectivity index (χ1n) is 9.78. The molecule has 0 saturated carbocycles. The summed E-state index contributed by atoms with van der Waals surface area (Å²) in [4.78, 5) is 28.7. The average molecular weight is 403 g/mol. The number of nitriles is 1. The Kier molecular flexibility index (Phi) is 5.66. The van der Waals surface area contributed by atoms with Crippen LogP contribution in [0.15, 0.2) is 54.6 Å². The van der Waals surface area contributed by atoms with E-state index < -0.39 is 6.10 Å². The highest BCUT2D eigenvalue weighted by Gasteiger charge is 2.33. The van der Waals surface area contributed by atoms with Gasteiger partial charge in [-0.15, -0.1) is 0 Å². The Morgan fingerprint density at radius 1 is 0.967 bits per heavy atom. The van der Waals surface area contributed by atoms with Gasteiger partial charge >= 0.3 is 0 Å². The molecule has 7 heteroatoms. The van der Waals surface area contributed by atoms with Crippen molar-refractivity contribution in [1.29, 1.82) is 5.26 Å². The summed E-state index contributed by atoms with van der Waals surface area (Å²) in [6, 6.07) is 16.4. The van der Waals surface area contributed by atoms with Crippen molar-refractivity contribution in [3.63, 3.8) is 0 Å². The van der Waals surface area contributed by atoms with Crippen molar-refractivity contribution < 1.29 is 19.1 Å². The number of para-hydroxylation sites is 2. The first-order chi connectivity index (χ1) is 14.6. The number of rotatable bonds is 3. The molecule has 4 rings (SSSR count). The minimum absolute atomic E-state index is 0.0994. The number of amides is 2. The van der Waals surface area contributed by atoms with Crippen LogP contribution in [0.25, 0.3) is 6.08 Å². The van der Waals surface area contributed by atoms with Crippen LogP contribution in [0.5, 0.6) is 11.5 Å². The number of benzene rings is 2. The molecule has 0 aromatic heterocycles. The molecule has 1 fully saturated rings. The summed E-state index contributed by atoms with van der Waals surface area (Å²) in [7, 11) is 0. The molecule has 2 aliphatic rings. The van der Waals surface area contributed by atoms with E-state index in [1.165, 1.54) is 6.08 Å². The fraction of sp³-hybridized carbons (Fsp3) is 0.261. The van der Waals surface area contributed by atoms with Crippen LogP contribution in [-0.4, -0.2) is 60.5 Å². The Morgan fingerprint density at radius 3 is 2.33 bits per heavy atom. The number of carbonyl (C=O) groups excluding carboxylic acids is 2. The van der Waals surface area contributed by atoms with Crippen molar-refractivity contribution in [2.45, 2.75) is 6.10 Å². The molecule has 0 bridgehead atoms. The summed E-state index contributed by atoms with van der Waals surface area (Å²) in [6.07, 6.45) is 2.58. The van der Waals surface area contributed by atoms with Gasteiger partial charge in [-0.05, 0) is 35.9 Å². The first kappa shape index (κ1) is 19.5. The number of ether oxygens (including phenoxy) is 2. The van der Waals surface area contributed by atoms with Gasteiger partial charge in [0, 0.05) is 32.3 Å². The lowest BCUT2D eigenvalue weighted by atomic mass is 10.1. The van der Waals surface area contributed by atoms with Crippen LogP contribution >= 0.6 is 0 Å². The number of fused-ring (bicyclic) bond motifs is 1. The van der Waals surface area contributed by atoms with Crippen molar-refractivity contribution in [2.75, 3.05) is 32.8 Å². The summed E-state index contributed by atoms with van der Waals surface area (Å²) in [5, 5.41) is 8.83. The van der Waals surface area contributed by atoms with Crippen LogP contribution in [0.3, 0.4) is 0 Å². The number of nitrogens with zero attached hydrogens (tertiary/aromatic N) is 3. The molecule has 0 radical (unpaired) electrons. The van der Waals surface area contributed by atoms with Crippen LogP contribution in [0, 0.1) is 11.3 Å². The Hall–Kier alpha value is -3.79. The summed E-state index contributed by atoms with van der Waals surface area (Å²) >= 11 is 0. The van der Waals surface area contributed by atoms with E-state index in [1.54, 1.807) is 46.2 Å². The van der Waals surface area contributed by atoms with Gasteiger partial charge in [0.1, 0.15) is 6.61 Å². The molecular formula is C23H21N3O4. The lowest BCUT2D eigenvalue weighted by Crippen LogP contribution is -2.54. The van der Waals surface area contributed by atoms with Gasteiger partial charge < -0.3 is 19.3 Å². The second-order valence-electron chi connectivity index (χ2n) is 7.08. The second kappa shape index (κ2) is 8.70. The van der Waals surface area contributed by atoms with E-state index in [0.717, 1.165) is 5.56 Å². The maximum atomic E-state index is 12.8. The molecule has 1 atom stereocenters. The highest BCUT2D eigenvalue weighted by Crippen LogP contribution is 2.31. The monoisotopic (exact) mass is 403 g/mol. The van der Waals surface area contributed by atoms with Gasteiger partial charge in [-0.3, -0.25) is 9.59 Å². The standard InChI is InChI=1S/C23H21N3O4/c24-15-18-7-5-17(6-8-18)9-10-22(27)25-11-13-26(14-12-25)23(28)21-16-29-19-3-1-2-4-20(19)30-21/h1-10,21H,11-14,16H2. The molecule has 0 spiro atoms. The Labute approximate surface area is 174 Å². The van der Waals surface area contributed by atoms with Gasteiger partial charge in [0.05, 0.1) is 11.6 Å². The second-order valence-corrected chi connectivity index (χ2v) is 7.08. The van der Waals surface area contributed by atoms with Gasteiger partial charge in [0.15, 0.2) is 11.5 Å². The molecule has 2 amide bonds. The molecule has 0 aliphatic carbocycles. The maximum Gasteiger partial charge on any atom is 0.267 e. The lowest BCUT2D eigenvalue weighted by Gasteiger charge is -2.36. The largest absolute Gasteiger partial charge is 0.485 e. The zero-order valence-corrected chi connectivity index (χ0v) is 16.4. The van der Waals surface area contributed by atoms with Crippen molar-refractivity contribution >= 4 is 17.9 Å². The first-order valence-corrected chi connectivity index (χ1v) is 9.78. The van der Waals surface area contributed by atoms with Gasteiger partial charge in [0.25, 0.3) is 5.91 Å². The summed E-state index contributed by atoms with van der Waals surface area (Å²) in [6.45, 7) is 2.02. The third-order valence-corrected chi connectivity index (χ3v) is 5.15.